The van der Waals surface area contributed by atoms with Gasteiger partial charge in [0.25, 0.3) is 0 Å². The van der Waals surface area contributed by atoms with Crippen LogP contribution in [0.5, 0.6) is 0 Å². The molecule has 0 radical (unpaired) electrons. The molecule has 0 spiro atoms. The summed E-state index contributed by atoms with van der Waals surface area (Å²) in [6.45, 7) is 2.00. The Hall–Kier alpha value is -1.13. The summed E-state index contributed by atoms with van der Waals surface area (Å²) < 4.78 is 7.45. The fourth-order valence-corrected chi connectivity index (χ4v) is 2.01. The van der Waals surface area contributed by atoms with Crippen LogP contribution in [0.1, 0.15) is 35.1 Å². The molecular formula is C11H15NO3. The standard InChI is InChI=1S/C11H15NO3/c1-8-4-9(6-13)12(5-8)11-3-2-10(7-14)15-11/h4-6,10-11,14H,2-3,7H2,1H3/t10-,11+/m0/s1. The van der Waals surface area contributed by atoms with Crippen molar-refractivity contribution in [3.8, 4) is 0 Å². The van der Waals surface area contributed by atoms with Gasteiger partial charge in [-0.25, -0.2) is 0 Å². The van der Waals surface area contributed by atoms with Crippen molar-refractivity contribution in [2.24, 2.45) is 0 Å². The van der Waals surface area contributed by atoms with Gasteiger partial charge in [0.2, 0.25) is 0 Å². The Balaban J connectivity index is 2.19. The number of aromatic nitrogens is 1. The maximum absolute atomic E-state index is 10.8. The van der Waals surface area contributed by atoms with Crippen molar-refractivity contribution in [3.63, 3.8) is 0 Å². The van der Waals surface area contributed by atoms with Gasteiger partial charge in [-0.1, -0.05) is 0 Å². The van der Waals surface area contributed by atoms with Crippen LogP contribution in [0, 0.1) is 6.92 Å². The lowest BCUT2D eigenvalue weighted by molar-refractivity contribution is -0.0228. The highest BCUT2D eigenvalue weighted by molar-refractivity contribution is 5.73. The third-order valence-corrected chi connectivity index (χ3v) is 2.74. The zero-order valence-corrected chi connectivity index (χ0v) is 8.72. The van der Waals surface area contributed by atoms with E-state index in [2.05, 4.69) is 0 Å². The molecule has 0 saturated carbocycles. The van der Waals surface area contributed by atoms with E-state index < -0.39 is 0 Å². The first-order valence-electron chi connectivity index (χ1n) is 5.14. The smallest absolute Gasteiger partial charge is 0.166 e. The van der Waals surface area contributed by atoms with E-state index in [0.717, 1.165) is 24.7 Å². The van der Waals surface area contributed by atoms with Gasteiger partial charge in [-0.3, -0.25) is 4.79 Å². The number of aldehydes is 1. The lowest BCUT2D eigenvalue weighted by Gasteiger charge is -2.15. The quantitative estimate of drug-likeness (QED) is 0.763. The van der Waals surface area contributed by atoms with Gasteiger partial charge in [-0.05, 0) is 31.4 Å². The maximum Gasteiger partial charge on any atom is 0.166 e. The zero-order valence-electron chi connectivity index (χ0n) is 8.72. The molecule has 0 unspecified atom stereocenters. The normalized spacial score (nSPS) is 25.7. The molecule has 82 valence electrons. The third kappa shape index (κ3) is 1.96. The number of carbonyl (C=O) groups is 1. The fraction of sp³-hybridized carbons (Fsp3) is 0.545. The van der Waals surface area contributed by atoms with E-state index in [9.17, 15) is 4.79 Å². The monoisotopic (exact) mass is 209 g/mol. The molecule has 1 N–H and O–H groups in total. The van der Waals surface area contributed by atoms with Gasteiger partial charge in [-0.15, -0.1) is 0 Å². The van der Waals surface area contributed by atoms with Crippen molar-refractivity contribution in [2.45, 2.75) is 32.1 Å². The van der Waals surface area contributed by atoms with Gasteiger partial charge in [-0.2, -0.15) is 0 Å². The minimum Gasteiger partial charge on any atom is -0.394 e. The van der Waals surface area contributed by atoms with E-state index in [0.29, 0.717) is 5.69 Å². The second-order valence-corrected chi connectivity index (χ2v) is 3.94. The molecule has 1 aromatic rings. The lowest BCUT2D eigenvalue weighted by atomic mass is 10.2. The number of nitrogens with zero attached hydrogens (tertiary/aromatic N) is 1. The Bertz CT molecular complexity index is 359. The summed E-state index contributed by atoms with van der Waals surface area (Å²) in [5.74, 6) is 0. The number of hydrogen-bond acceptors (Lipinski definition) is 3. The summed E-state index contributed by atoms with van der Waals surface area (Å²) in [6.07, 6.45) is 4.25. The van der Waals surface area contributed by atoms with Gasteiger partial charge in [0, 0.05) is 6.20 Å². The summed E-state index contributed by atoms with van der Waals surface area (Å²) in [7, 11) is 0. The van der Waals surface area contributed by atoms with Crippen LogP contribution in [0.4, 0.5) is 0 Å². The molecule has 2 heterocycles. The number of ether oxygens (including phenoxy) is 1. The topological polar surface area (TPSA) is 51.5 Å². The summed E-state index contributed by atoms with van der Waals surface area (Å²) >= 11 is 0. The van der Waals surface area contributed by atoms with Crippen LogP contribution in [0.3, 0.4) is 0 Å². The molecule has 0 amide bonds. The SMILES string of the molecule is Cc1cc(C=O)n([C@H]2CC[C@@H](CO)O2)c1. The Morgan fingerprint density at radius 1 is 1.67 bits per heavy atom. The number of aliphatic hydroxyl groups excluding tert-OH is 1. The van der Waals surface area contributed by atoms with E-state index in [1.54, 1.807) is 0 Å². The van der Waals surface area contributed by atoms with Crippen LogP contribution < -0.4 is 0 Å². The molecule has 4 heteroatoms. The van der Waals surface area contributed by atoms with E-state index in [4.69, 9.17) is 9.84 Å². The highest BCUT2D eigenvalue weighted by Gasteiger charge is 2.26. The number of aliphatic hydroxyl groups is 1. The van der Waals surface area contributed by atoms with Gasteiger partial charge >= 0.3 is 0 Å². The zero-order chi connectivity index (χ0) is 10.8. The predicted octanol–water partition coefficient (Wildman–Crippen LogP) is 1.28. The molecule has 1 saturated heterocycles. The number of rotatable bonds is 3. The van der Waals surface area contributed by atoms with Gasteiger partial charge in [0.05, 0.1) is 18.4 Å². The molecule has 1 aromatic heterocycles. The van der Waals surface area contributed by atoms with Gasteiger partial charge in [0.15, 0.2) is 6.29 Å². The molecule has 2 atom stereocenters. The summed E-state index contributed by atoms with van der Waals surface area (Å²) in [4.78, 5) is 10.8. The lowest BCUT2D eigenvalue weighted by Crippen LogP contribution is -2.15. The van der Waals surface area contributed by atoms with Gasteiger partial charge < -0.3 is 14.4 Å². The first-order chi connectivity index (χ1) is 7.24. The summed E-state index contributed by atoms with van der Waals surface area (Å²) in [5.41, 5.74) is 1.68. The van der Waals surface area contributed by atoms with Crippen molar-refractivity contribution < 1.29 is 14.6 Å². The minimum atomic E-state index is -0.101. The Morgan fingerprint density at radius 2 is 2.47 bits per heavy atom. The molecule has 1 aliphatic heterocycles. The van der Waals surface area contributed by atoms with Gasteiger partial charge in [0.1, 0.15) is 6.23 Å². The first kappa shape index (κ1) is 10.4. The van der Waals surface area contributed by atoms with E-state index >= 15 is 0 Å². The average Bonchev–Trinajstić information content (AvgIpc) is 2.82. The molecular weight excluding hydrogens is 194 g/mol. The van der Waals surface area contributed by atoms with Crippen molar-refractivity contribution in [2.75, 3.05) is 6.61 Å². The molecule has 1 fully saturated rings. The average molecular weight is 209 g/mol. The molecule has 0 aromatic carbocycles. The van der Waals surface area contributed by atoms with Crippen LogP contribution in [-0.4, -0.2) is 28.7 Å². The van der Waals surface area contributed by atoms with E-state index in [1.165, 1.54) is 0 Å². The van der Waals surface area contributed by atoms with Crippen LogP contribution in [0.15, 0.2) is 12.3 Å². The van der Waals surface area contributed by atoms with Crippen LogP contribution in [0.2, 0.25) is 0 Å². The molecule has 15 heavy (non-hydrogen) atoms. The first-order valence-corrected chi connectivity index (χ1v) is 5.14. The summed E-state index contributed by atoms with van der Waals surface area (Å²) in [5, 5.41) is 8.96. The second kappa shape index (κ2) is 4.16. The highest BCUT2D eigenvalue weighted by atomic mass is 16.5. The molecule has 2 rings (SSSR count). The molecule has 1 aliphatic rings. The number of aryl methyl sites for hydroxylation is 1. The number of hydrogen-bond donors (Lipinski definition) is 1. The van der Waals surface area contributed by atoms with Crippen LogP contribution in [0.25, 0.3) is 0 Å². The Labute approximate surface area is 88.5 Å². The second-order valence-electron chi connectivity index (χ2n) is 3.94. The Morgan fingerprint density at radius 3 is 3.07 bits per heavy atom. The van der Waals surface area contributed by atoms with Crippen molar-refractivity contribution in [3.05, 3.63) is 23.5 Å². The number of carbonyl (C=O) groups excluding carboxylic acids is 1. The predicted molar refractivity (Wildman–Crippen MR) is 54.8 cm³/mol. The van der Waals surface area contributed by atoms with E-state index in [1.807, 2.05) is 23.8 Å². The largest absolute Gasteiger partial charge is 0.394 e. The third-order valence-electron chi connectivity index (χ3n) is 2.74. The van der Waals surface area contributed by atoms with Crippen molar-refractivity contribution >= 4 is 6.29 Å². The highest BCUT2D eigenvalue weighted by Crippen LogP contribution is 2.29. The van der Waals surface area contributed by atoms with Crippen LogP contribution >= 0.6 is 0 Å². The summed E-state index contributed by atoms with van der Waals surface area (Å²) in [6, 6.07) is 1.84. The molecule has 0 bridgehead atoms. The minimum absolute atomic E-state index is 0.0488. The maximum atomic E-state index is 10.8. The Kier molecular flexibility index (Phi) is 2.88. The van der Waals surface area contributed by atoms with Crippen molar-refractivity contribution in [1.29, 1.82) is 0 Å². The van der Waals surface area contributed by atoms with Crippen molar-refractivity contribution in [1.82, 2.24) is 4.57 Å². The fourth-order valence-electron chi connectivity index (χ4n) is 2.01. The van der Waals surface area contributed by atoms with E-state index in [-0.39, 0.29) is 18.9 Å². The molecule has 4 nitrogen and oxygen atoms in total. The van der Waals surface area contributed by atoms with Crippen LogP contribution in [-0.2, 0) is 4.74 Å². The molecule has 0 aliphatic carbocycles.